The largest absolute Gasteiger partial charge is 0.492 e. The summed E-state index contributed by atoms with van der Waals surface area (Å²) in [5.41, 5.74) is 2.02. The first-order valence-electron chi connectivity index (χ1n) is 5.47. The van der Waals surface area contributed by atoms with Crippen LogP contribution in [0.15, 0.2) is 30.6 Å². The van der Waals surface area contributed by atoms with Crippen LogP contribution in [-0.4, -0.2) is 16.6 Å². The molecular formula is C13H11ClN2O. The summed E-state index contributed by atoms with van der Waals surface area (Å²) >= 11 is 6.18. The molecule has 4 heteroatoms. The van der Waals surface area contributed by atoms with Crippen molar-refractivity contribution >= 4 is 33.4 Å². The molecule has 2 aromatic heterocycles. The number of H-pyrrole nitrogens is 1. The second-order valence-electron chi connectivity index (χ2n) is 3.81. The molecule has 0 saturated carbocycles. The standard InChI is InChI=1S/C13H11ClN2O/c1-2-17-13-6-11-9(5-10(13)14)8-3-4-15-7-12(8)16-11/h3-7,16H,2H2,1H3. The van der Waals surface area contributed by atoms with E-state index in [4.69, 9.17) is 16.3 Å². The summed E-state index contributed by atoms with van der Waals surface area (Å²) in [6.45, 7) is 2.54. The van der Waals surface area contributed by atoms with Crippen LogP contribution in [0.4, 0.5) is 0 Å². The molecule has 17 heavy (non-hydrogen) atoms. The van der Waals surface area contributed by atoms with Crippen LogP contribution < -0.4 is 4.74 Å². The van der Waals surface area contributed by atoms with Crippen LogP contribution in [0, 0.1) is 0 Å². The summed E-state index contributed by atoms with van der Waals surface area (Å²) in [5.74, 6) is 0.709. The Hall–Kier alpha value is -1.74. The first kappa shape index (κ1) is 10.4. The monoisotopic (exact) mass is 246 g/mol. The van der Waals surface area contributed by atoms with Crippen LogP contribution in [0.25, 0.3) is 21.8 Å². The van der Waals surface area contributed by atoms with Gasteiger partial charge in [-0.25, -0.2) is 0 Å². The fraction of sp³-hybridized carbons (Fsp3) is 0.154. The van der Waals surface area contributed by atoms with Gasteiger partial charge in [-0.1, -0.05) is 11.6 Å². The van der Waals surface area contributed by atoms with Crippen LogP contribution in [-0.2, 0) is 0 Å². The van der Waals surface area contributed by atoms with E-state index in [2.05, 4.69) is 9.97 Å². The Morgan fingerprint density at radius 2 is 2.18 bits per heavy atom. The predicted molar refractivity (Wildman–Crippen MR) is 69.8 cm³/mol. The highest BCUT2D eigenvalue weighted by molar-refractivity contribution is 6.33. The number of aromatic nitrogens is 2. The van der Waals surface area contributed by atoms with Gasteiger partial charge in [-0.15, -0.1) is 0 Å². The van der Waals surface area contributed by atoms with Gasteiger partial charge in [-0.05, 0) is 19.1 Å². The Labute approximate surface area is 103 Å². The molecule has 0 fully saturated rings. The number of fused-ring (bicyclic) bond motifs is 3. The minimum Gasteiger partial charge on any atom is -0.492 e. The number of halogens is 1. The van der Waals surface area contributed by atoms with Crippen molar-refractivity contribution in [3.05, 3.63) is 35.6 Å². The molecule has 3 rings (SSSR count). The van der Waals surface area contributed by atoms with E-state index in [1.165, 1.54) is 0 Å². The van der Waals surface area contributed by atoms with Gasteiger partial charge in [-0.3, -0.25) is 4.98 Å². The van der Waals surface area contributed by atoms with Crippen molar-refractivity contribution in [3.63, 3.8) is 0 Å². The third-order valence-corrected chi connectivity index (χ3v) is 3.05. The van der Waals surface area contributed by atoms with Crippen molar-refractivity contribution in [3.8, 4) is 5.75 Å². The van der Waals surface area contributed by atoms with E-state index in [1.54, 1.807) is 6.20 Å². The summed E-state index contributed by atoms with van der Waals surface area (Å²) in [4.78, 5) is 7.40. The molecule has 0 amide bonds. The maximum absolute atomic E-state index is 6.18. The van der Waals surface area contributed by atoms with Gasteiger partial charge in [0.2, 0.25) is 0 Å². The third kappa shape index (κ3) is 1.63. The van der Waals surface area contributed by atoms with Crippen molar-refractivity contribution < 1.29 is 4.74 Å². The lowest BCUT2D eigenvalue weighted by Crippen LogP contribution is -1.91. The van der Waals surface area contributed by atoms with Crippen LogP contribution >= 0.6 is 11.6 Å². The number of hydrogen-bond donors (Lipinski definition) is 1. The minimum atomic E-state index is 0.604. The molecule has 0 aliphatic rings. The summed E-state index contributed by atoms with van der Waals surface area (Å²) < 4.78 is 5.47. The lowest BCUT2D eigenvalue weighted by molar-refractivity contribution is 0.341. The number of rotatable bonds is 2. The van der Waals surface area contributed by atoms with Gasteiger partial charge in [0.15, 0.2) is 0 Å². The molecule has 1 N–H and O–H groups in total. The number of aromatic amines is 1. The molecule has 0 unspecified atom stereocenters. The topological polar surface area (TPSA) is 37.9 Å². The van der Waals surface area contributed by atoms with Crippen molar-refractivity contribution in [2.45, 2.75) is 6.92 Å². The number of hydrogen-bond acceptors (Lipinski definition) is 2. The first-order chi connectivity index (χ1) is 8.29. The van der Waals surface area contributed by atoms with Crippen molar-refractivity contribution in [2.75, 3.05) is 6.61 Å². The van der Waals surface area contributed by atoms with Gasteiger partial charge in [0.05, 0.1) is 28.9 Å². The Morgan fingerprint density at radius 1 is 1.29 bits per heavy atom. The van der Waals surface area contributed by atoms with Gasteiger partial charge < -0.3 is 9.72 Å². The molecule has 0 saturated heterocycles. The molecule has 0 bridgehead atoms. The summed E-state index contributed by atoms with van der Waals surface area (Å²) in [6, 6.07) is 5.84. The molecule has 1 aromatic carbocycles. The lowest BCUT2D eigenvalue weighted by Gasteiger charge is -2.05. The van der Waals surface area contributed by atoms with Crippen LogP contribution in [0.1, 0.15) is 6.92 Å². The van der Waals surface area contributed by atoms with Gasteiger partial charge in [0, 0.05) is 23.0 Å². The quantitative estimate of drug-likeness (QED) is 0.748. The Balaban J connectivity index is 2.34. The Morgan fingerprint density at radius 3 is 3.00 bits per heavy atom. The molecule has 2 heterocycles. The third-order valence-electron chi connectivity index (χ3n) is 2.75. The minimum absolute atomic E-state index is 0.604. The molecule has 0 aliphatic carbocycles. The van der Waals surface area contributed by atoms with Crippen LogP contribution in [0.5, 0.6) is 5.75 Å². The van der Waals surface area contributed by atoms with Crippen LogP contribution in [0.3, 0.4) is 0 Å². The second kappa shape index (κ2) is 3.93. The zero-order valence-corrected chi connectivity index (χ0v) is 10.1. The summed E-state index contributed by atoms with van der Waals surface area (Å²) in [5, 5.41) is 2.85. The molecule has 0 aliphatic heterocycles. The fourth-order valence-corrected chi connectivity index (χ4v) is 2.24. The van der Waals surface area contributed by atoms with Crippen molar-refractivity contribution in [1.29, 1.82) is 0 Å². The highest BCUT2D eigenvalue weighted by Gasteiger charge is 2.08. The number of benzene rings is 1. The molecule has 0 radical (unpaired) electrons. The average molecular weight is 247 g/mol. The molecule has 0 atom stereocenters. The summed E-state index contributed by atoms with van der Waals surface area (Å²) in [7, 11) is 0. The highest BCUT2D eigenvalue weighted by Crippen LogP contribution is 2.33. The number of nitrogens with zero attached hydrogens (tertiary/aromatic N) is 1. The first-order valence-corrected chi connectivity index (χ1v) is 5.85. The van der Waals surface area contributed by atoms with Crippen molar-refractivity contribution in [1.82, 2.24) is 9.97 Å². The second-order valence-corrected chi connectivity index (χ2v) is 4.21. The smallest absolute Gasteiger partial charge is 0.139 e. The zero-order chi connectivity index (χ0) is 11.8. The van der Waals surface area contributed by atoms with Gasteiger partial charge in [-0.2, -0.15) is 0 Å². The SMILES string of the molecule is CCOc1cc2[nH]c3cnccc3c2cc1Cl. The van der Waals surface area contributed by atoms with Gasteiger partial charge in [0.25, 0.3) is 0 Å². The number of ether oxygens (including phenoxy) is 1. The Kier molecular flexibility index (Phi) is 2.41. The normalized spacial score (nSPS) is 11.2. The van der Waals surface area contributed by atoms with E-state index < -0.39 is 0 Å². The number of nitrogens with one attached hydrogen (secondary N) is 1. The van der Waals surface area contributed by atoms with Crippen LogP contribution in [0.2, 0.25) is 5.02 Å². The van der Waals surface area contributed by atoms with E-state index >= 15 is 0 Å². The zero-order valence-electron chi connectivity index (χ0n) is 9.33. The highest BCUT2D eigenvalue weighted by atomic mass is 35.5. The average Bonchev–Trinajstić information content (AvgIpc) is 2.68. The maximum atomic E-state index is 6.18. The molecule has 3 aromatic rings. The summed E-state index contributed by atoms with van der Waals surface area (Å²) in [6.07, 6.45) is 3.59. The number of pyridine rings is 1. The Bertz CT molecular complexity index is 690. The van der Waals surface area contributed by atoms with E-state index in [-0.39, 0.29) is 0 Å². The molecular weight excluding hydrogens is 236 g/mol. The maximum Gasteiger partial charge on any atom is 0.139 e. The van der Waals surface area contributed by atoms with E-state index in [1.807, 2.05) is 31.3 Å². The van der Waals surface area contributed by atoms with Crippen molar-refractivity contribution in [2.24, 2.45) is 0 Å². The predicted octanol–water partition coefficient (Wildman–Crippen LogP) is 3.77. The van der Waals surface area contributed by atoms with E-state index in [9.17, 15) is 0 Å². The molecule has 86 valence electrons. The van der Waals surface area contributed by atoms with E-state index in [0.29, 0.717) is 17.4 Å². The fourth-order valence-electron chi connectivity index (χ4n) is 2.02. The lowest BCUT2D eigenvalue weighted by atomic mass is 10.2. The van der Waals surface area contributed by atoms with E-state index in [0.717, 1.165) is 21.8 Å². The molecule has 0 spiro atoms. The van der Waals surface area contributed by atoms with Gasteiger partial charge >= 0.3 is 0 Å². The van der Waals surface area contributed by atoms with Gasteiger partial charge in [0.1, 0.15) is 5.75 Å². The molecule has 3 nitrogen and oxygen atoms in total.